The molecule has 0 bridgehead atoms. The Morgan fingerprint density at radius 3 is 2.69 bits per heavy atom. The molecule has 1 aromatic heterocycles. The summed E-state index contributed by atoms with van der Waals surface area (Å²) in [5, 5.41) is 9.32. The van der Waals surface area contributed by atoms with E-state index in [0.717, 1.165) is 29.7 Å². The molecule has 190 valence electrons. The van der Waals surface area contributed by atoms with E-state index >= 15 is 0 Å². The van der Waals surface area contributed by atoms with Crippen LogP contribution in [0.4, 0.5) is 11.5 Å². The number of anilines is 2. The summed E-state index contributed by atoms with van der Waals surface area (Å²) in [5.41, 5.74) is 2.55. The number of piperidine rings is 1. The van der Waals surface area contributed by atoms with Gasteiger partial charge in [0.15, 0.2) is 0 Å². The molecule has 5 rings (SSSR count). The van der Waals surface area contributed by atoms with Crippen LogP contribution < -0.4 is 16.0 Å². The number of amides is 3. The zero-order valence-electron chi connectivity index (χ0n) is 21.5. The summed E-state index contributed by atoms with van der Waals surface area (Å²) in [7, 11) is 0. The van der Waals surface area contributed by atoms with Crippen LogP contribution in [0, 0.1) is 11.3 Å². The molecule has 1 spiro atoms. The van der Waals surface area contributed by atoms with Gasteiger partial charge in [0.2, 0.25) is 17.7 Å². The Bertz CT molecular complexity index is 1220. The molecule has 1 fully saturated rings. The molecule has 2 aromatic rings. The lowest BCUT2D eigenvalue weighted by atomic mass is 9.79. The number of nitrogens with zero attached hydrogens (tertiary/aromatic N) is 2. The number of hydrogen-bond acceptors (Lipinski definition) is 5. The van der Waals surface area contributed by atoms with Crippen molar-refractivity contribution in [1.29, 1.82) is 0 Å². The third-order valence-corrected chi connectivity index (χ3v) is 7.67. The summed E-state index contributed by atoms with van der Waals surface area (Å²) in [6.07, 6.45) is 3.74. The second-order valence-electron chi connectivity index (χ2n) is 11.7. The molecule has 3 heterocycles. The number of benzene rings is 1. The maximum Gasteiger partial charge on any atom is 0.244 e. The highest BCUT2D eigenvalue weighted by Crippen LogP contribution is 2.46. The van der Waals surface area contributed by atoms with Gasteiger partial charge < -0.3 is 20.9 Å². The van der Waals surface area contributed by atoms with Crippen LogP contribution >= 0.6 is 0 Å². The first-order valence-electron chi connectivity index (χ1n) is 12.8. The zero-order chi connectivity index (χ0) is 25.7. The van der Waals surface area contributed by atoms with Gasteiger partial charge in [-0.25, -0.2) is 4.98 Å². The number of carbonyl (C=O) groups excluding carboxylic acids is 3. The molecular weight excluding hydrogens is 454 g/mol. The Balaban J connectivity index is 1.32. The lowest BCUT2D eigenvalue weighted by molar-refractivity contribution is -0.145. The second-order valence-corrected chi connectivity index (χ2v) is 11.7. The van der Waals surface area contributed by atoms with Crippen LogP contribution in [0.5, 0.6) is 0 Å². The Labute approximate surface area is 212 Å². The van der Waals surface area contributed by atoms with Crippen LogP contribution in [0.3, 0.4) is 0 Å². The highest BCUT2D eigenvalue weighted by atomic mass is 16.2. The van der Waals surface area contributed by atoms with Gasteiger partial charge in [-0.3, -0.25) is 14.4 Å². The van der Waals surface area contributed by atoms with E-state index < -0.39 is 10.8 Å². The van der Waals surface area contributed by atoms with Gasteiger partial charge in [0.25, 0.3) is 0 Å². The minimum absolute atomic E-state index is 0.0116. The van der Waals surface area contributed by atoms with Gasteiger partial charge in [0.05, 0.1) is 5.41 Å². The fourth-order valence-corrected chi connectivity index (χ4v) is 5.86. The summed E-state index contributed by atoms with van der Waals surface area (Å²) >= 11 is 0. The lowest BCUT2D eigenvalue weighted by Gasteiger charge is -2.39. The summed E-state index contributed by atoms with van der Waals surface area (Å²) in [6.45, 7) is 9.47. The van der Waals surface area contributed by atoms with Crippen LogP contribution in [-0.2, 0) is 32.6 Å². The van der Waals surface area contributed by atoms with Gasteiger partial charge in [-0.05, 0) is 61.1 Å². The molecule has 0 saturated carbocycles. The average Bonchev–Trinajstić information content (AvgIpc) is 3.34. The van der Waals surface area contributed by atoms with Crippen molar-refractivity contribution in [2.45, 2.75) is 58.4 Å². The summed E-state index contributed by atoms with van der Waals surface area (Å²) in [4.78, 5) is 45.4. The predicted octanol–water partition coefficient (Wildman–Crippen LogP) is 2.88. The first-order valence-corrected chi connectivity index (χ1v) is 12.8. The SMILES string of the molecule is C[C@@H]1CNC[C@@H](N(CC(=O)Nc2ccc3c(c2)C[C@@]2(C3)C(=O)Nc3ncccc32)C(=O)C(C)(C)C)C1. The van der Waals surface area contributed by atoms with Gasteiger partial charge in [0, 0.05) is 35.4 Å². The Kier molecular flexibility index (Phi) is 6.11. The average molecular weight is 490 g/mol. The third-order valence-electron chi connectivity index (χ3n) is 7.67. The van der Waals surface area contributed by atoms with Crippen molar-refractivity contribution in [3.05, 3.63) is 53.2 Å². The summed E-state index contributed by atoms with van der Waals surface area (Å²) in [6, 6.07) is 9.66. The highest BCUT2D eigenvalue weighted by Gasteiger charge is 2.51. The second kappa shape index (κ2) is 9.00. The molecular formula is C28H35N5O3. The van der Waals surface area contributed by atoms with Crippen LogP contribution in [0.25, 0.3) is 0 Å². The molecule has 0 radical (unpaired) electrons. The van der Waals surface area contributed by atoms with Crippen LogP contribution in [-0.4, -0.2) is 53.3 Å². The molecule has 3 aliphatic rings. The molecule has 3 N–H and O–H groups in total. The number of nitrogens with one attached hydrogen (secondary N) is 3. The zero-order valence-corrected chi connectivity index (χ0v) is 21.5. The van der Waals surface area contributed by atoms with E-state index in [1.807, 2.05) is 51.1 Å². The minimum Gasteiger partial charge on any atom is -0.329 e. The van der Waals surface area contributed by atoms with Crippen molar-refractivity contribution in [3.8, 4) is 0 Å². The molecule has 1 saturated heterocycles. The number of aromatic nitrogens is 1. The fourth-order valence-electron chi connectivity index (χ4n) is 5.86. The molecule has 1 aliphatic carbocycles. The molecule has 36 heavy (non-hydrogen) atoms. The van der Waals surface area contributed by atoms with Crippen molar-refractivity contribution in [3.63, 3.8) is 0 Å². The Hall–Kier alpha value is -3.26. The van der Waals surface area contributed by atoms with Gasteiger partial charge in [-0.15, -0.1) is 0 Å². The lowest BCUT2D eigenvalue weighted by Crippen LogP contribution is -2.55. The highest BCUT2D eigenvalue weighted by molar-refractivity contribution is 6.06. The topological polar surface area (TPSA) is 103 Å². The maximum absolute atomic E-state index is 13.3. The molecule has 0 unspecified atom stereocenters. The number of rotatable bonds is 4. The number of carbonyl (C=O) groups is 3. The minimum atomic E-state index is -0.644. The Morgan fingerprint density at radius 2 is 1.94 bits per heavy atom. The van der Waals surface area contributed by atoms with Gasteiger partial charge in [-0.2, -0.15) is 0 Å². The van der Waals surface area contributed by atoms with E-state index in [1.165, 1.54) is 0 Å². The van der Waals surface area contributed by atoms with E-state index in [2.05, 4.69) is 27.9 Å². The van der Waals surface area contributed by atoms with Crippen molar-refractivity contribution in [2.24, 2.45) is 11.3 Å². The maximum atomic E-state index is 13.3. The summed E-state index contributed by atoms with van der Waals surface area (Å²) < 4.78 is 0. The van der Waals surface area contributed by atoms with Crippen LogP contribution in [0.15, 0.2) is 36.5 Å². The molecule has 8 nitrogen and oxygen atoms in total. The molecule has 3 atom stereocenters. The number of hydrogen-bond donors (Lipinski definition) is 3. The largest absolute Gasteiger partial charge is 0.329 e. The summed E-state index contributed by atoms with van der Waals surface area (Å²) in [5.74, 6) is 0.823. The monoisotopic (exact) mass is 489 g/mol. The molecule has 3 amide bonds. The predicted molar refractivity (Wildman–Crippen MR) is 139 cm³/mol. The van der Waals surface area contributed by atoms with Crippen molar-refractivity contribution in [2.75, 3.05) is 30.3 Å². The first-order chi connectivity index (χ1) is 17.1. The van der Waals surface area contributed by atoms with Crippen LogP contribution in [0.2, 0.25) is 0 Å². The molecule has 2 aliphatic heterocycles. The molecule has 8 heteroatoms. The first kappa shape index (κ1) is 24.4. The van der Waals surface area contributed by atoms with E-state index in [-0.39, 0.29) is 30.3 Å². The number of fused-ring (bicyclic) bond motifs is 3. The Morgan fingerprint density at radius 1 is 1.17 bits per heavy atom. The smallest absolute Gasteiger partial charge is 0.244 e. The van der Waals surface area contributed by atoms with E-state index in [1.54, 1.807) is 11.1 Å². The third kappa shape index (κ3) is 4.39. The fraction of sp³-hybridized carbons (Fsp3) is 0.500. The molecule has 1 aromatic carbocycles. The van der Waals surface area contributed by atoms with E-state index in [0.29, 0.717) is 36.8 Å². The van der Waals surface area contributed by atoms with E-state index in [4.69, 9.17) is 0 Å². The number of pyridine rings is 1. The van der Waals surface area contributed by atoms with E-state index in [9.17, 15) is 14.4 Å². The van der Waals surface area contributed by atoms with Crippen molar-refractivity contribution < 1.29 is 14.4 Å². The van der Waals surface area contributed by atoms with Crippen LogP contribution in [0.1, 0.15) is 50.8 Å². The van der Waals surface area contributed by atoms with Gasteiger partial charge in [-0.1, -0.05) is 39.8 Å². The quantitative estimate of drug-likeness (QED) is 0.613. The van der Waals surface area contributed by atoms with Crippen molar-refractivity contribution >= 4 is 29.2 Å². The van der Waals surface area contributed by atoms with Gasteiger partial charge >= 0.3 is 0 Å². The standard InChI is InChI=1S/C28H35N5O3/c1-17-10-21(15-29-14-17)33(26(36)27(2,3)4)16-23(34)31-20-8-7-18-12-28(13-19(18)11-20)22-6-5-9-30-24(22)32-25(28)35/h5-9,11,17,21,29H,10,12-16H2,1-4H3,(H,31,34)(H,30,32,35)/t17-,21-,28+/m0/s1. The van der Waals surface area contributed by atoms with Crippen molar-refractivity contribution in [1.82, 2.24) is 15.2 Å². The normalized spacial score (nSPS) is 24.7. The van der Waals surface area contributed by atoms with Gasteiger partial charge in [0.1, 0.15) is 12.4 Å².